The van der Waals surface area contributed by atoms with Crippen LogP contribution in [0.1, 0.15) is 17.8 Å². The summed E-state index contributed by atoms with van der Waals surface area (Å²) in [7, 11) is 0. The molecular formula is C21H19ClN4O2S. The highest BCUT2D eigenvalue weighted by molar-refractivity contribution is 8.01. The van der Waals surface area contributed by atoms with Crippen LogP contribution in [0.4, 0.5) is 11.4 Å². The number of halogens is 1. The lowest BCUT2D eigenvalue weighted by atomic mass is 10.2. The number of hydrogen-bond donors (Lipinski definition) is 2. The summed E-state index contributed by atoms with van der Waals surface area (Å²) in [6.07, 6.45) is 0.0721. The molecule has 3 aromatic rings. The van der Waals surface area contributed by atoms with Crippen molar-refractivity contribution in [3.63, 3.8) is 0 Å². The van der Waals surface area contributed by atoms with Gasteiger partial charge in [-0.05, 0) is 56.3 Å². The van der Waals surface area contributed by atoms with E-state index in [-0.39, 0.29) is 18.2 Å². The number of aromatic nitrogens is 2. The molecule has 0 fully saturated rings. The molecule has 2 aromatic carbocycles. The smallest absolute Gasteiger partial charge is 0.238 e. The van der Waals surface area contributed by atoms with Crippen LogP contribution in [-0.4, -0.2) is 26.8 Å². The molecule has 2 heterocycles. The van der Waals surface area contributed by atoms with Gasteiger partial charge in [0.2, 0.25) is 11.8 Å². The molecule has 1 atom stereocenters. The number of rotatable bonds is 4. The number of benzene rings is 2. The van der Waals surface area contributed by atoms with E-state index in [2.05, 4.69) is 15.7 Å². The fraction of sp³-hybridized carbons (Fsp3) is 0.190. The van der Waals surface area contributed by atoms with Crippen molar-refractivity contribution in [2.75, 3.05) is 10.6 Å². The standard InChI is InChI=1S/C21H19ClN4O2S/c1-12-8-13(2)26(25-12)16-5-3-4-15(10-16)23-20(27)11-19-21(28)24-17-9-14(22)6-7-18(17)29-19/h3-10,19H,11H2,1-2H3,(H,23,27)(H,24,28). The van der Waals surface area contributed by atoms with Gasteiger partial charge in [0.1, 0.15) is 0 Å². The number of nitrogens with zero attached hydrogens (tertiary/aromatic N) is 2. The Bertz CT molecular complexity index is 1110. The summed E-state index contributed by atoms with van der Waals surface area (Å²) in [6, 6.07) is 14.8. The van der Waals surface area contributed by atoms with E-state index in [1.54, 1.807) is 12.1 Å². The zero-order valence-corrected chi connectivity index (χ0v) is 17.5. The predicted octanol–water partition coefficient (Wildman–Crippen LogP) is 4.58. The van der Waals surface area contributed by atoms with Crippen LogP contribution in [0.15, 0.2) is 53.4 Å². The lowest BCUT2D eigenvalue weighted by molar-refractivity contribution is -0.120. The lowest BCUT2D eigenvalue weighted by Crippen LogP contribution is -2.32. The summed E-state index contributed by atoms with van der Waals surface area (Å²) >= 11 is 7.34. The van der Waals surface area contributed by atoms with Gasteiger partial charge in [0.25, 0.3) is 0 Å². The predicted molar refractivity (Wildman–Crippen MR) is 116 cm³/mol. The van der Waals surface area contributed by atoms with E-state index in [1.807, 2.05) is 54.9 Å². The van der Waals surface area contributed by atoms with E-state index in [0.717, 1.165) is 22.0 Å². The second-order valence-electron chi connectivity index (χ2n) is 6.88. The van der Waals surface area contributed by atoms with Gasteiger partial charge >= 0.3 is 0 Å². The molecule has 6 nitrogen and oxygen atoms in total. The van der Waals surface area contributed by atoms with Crippen LogP contribution in [-0.2, 0) is 9.59 Å². The van der Waals surface area contributed by atoms with Gasteiger partial charge in [0, 0.05) is 27.7 Å². The third-order valence-corrected chi connectivity index (χ3v) is 6.03. The molecule has 4 rings (SSSR count). The summed E-state index contributed by atoms with van der Waals surface area (Å²) < 4.78 is 1.83. The van der Waals surface area contributed by atoms with E-state index < -0.39 is 5.25 Å². The van der Waals surface area contributed by atoms with Crippen LogP contribution < -0.4 is 10.6 Å². The van der Waals surface area contributed by atoms with E-state index in [4.69, 9.17) is 11.6 Å². The van der Waals surface area contributed by atoms with Gasteiger partial charge in [-0.15, -0.1) is 11.8 Å². The molecule has 0 saturated heterocycles. The van der Waals surface area contributed by atoms with Gasteiger partial charge in [0.15, 0.2) is 0 Å². The highest BCUT2D eigenvalue weighted by Gasteiger charge is 2.29. The molecule has 2 amide bonds. The molecule has 1 aromatic heterocycles. The number of anilines is 2. The molecule has 0 saturated carbocycles. The zero-order chi connectivity index (χ0) is 20.5. The second-order valence-corrected chi connectivity index (χ2v) is 8.56. The maximum atomic E-state index is 12.6. The largest absolute Gasteiger partial charge is 0.326 e. The van der Waals surface area contributed by atoms with E-state index in [0.29, 0.717) is 16.4 Å². The topological polar surface area (TPSA) is 76.0 Å². The van der Waals surface area contributed by atoms with Crippen LogP contribution in [0.25, 0.3) is 5.69 Å². The first-order valence-electron chi connectivity index (χ1n) is 9.10. The third-order valence-electron chi connectivity index (χ3n) is 4.52. The molecule has 0 spiro atoms. The molecule has 0 bridgehead atoms. The van der Waals surface area contributed by atoms with Crippen molar-refractivity contribution in [2.24, 2.45) is 0 Å². The highest BCUT2D eigenvalue weighted by atomic mass is 35.5. The van der Waals surface area contributed by atoms with Gasteiger partial charge < -0.3 is 10.6 Å². The van der Waals surface area contributed by atoms with Crippen molar-refractivity contribution in [3.8, 4) is 5.69 Å². The maximum Gasteiger partial charge on any atom is 0.238 e. The minimum Gasteiger partial charge on any atom is -0.326 e. The fourth-order valence-corrected chi connectivity index (χ4v) is 4.51. The zero-order valence-electron chi connectivity index (χ0n) is 15.9. The number of amides is 2. The summed E-state index contributed by atoms with van der Waals surface area (Å²) in [5, 5.41) is 10.2. The first-order chi connectivity index (χ1) is 13.9. The van der Waals surface area contributed by atoms with Crippen molar-refractivity contribution in [2.45, 2.75) is 30.4 Å². The Labute approximate surface area is 177 Å². The molecule has 8 heteroatoms. The van der Waals surface area contributed by atoms with Crippen LogP contribution in [0.2, 0.25) is 5.02 Å². The van der Waals surface area contributed by atoms with Crippen LogP contribution in [0, 0.1) is 13.8 Å². The summed E-state index contributed by atoms with van der Waals surface area (Å²) in [5.74, 6) is -0.420. The minimum absolute atomic E-state index is 0.0721. The molecule has 0 radical (unpaired) electrons. The van der Waals surface area contributed by atoms with Crippen LogP contribution in [0.3, 0.4) is 0 Å². The van der Waals surface area contributed by atoms with Gasteiger partial charge in [-0.25, -0.2) is 4.68 Å². The molecule has 2 N–H and O–H groups in total. The van der Waals surface area contributed by atoms with E-state index in [1.165, 1.54) is 11.8 Å². The average molecular weight is 427 g/mol. The van der Waals surface area contributed by atoms with Gasteiger partial charge in [0.05, 0.1) is 22.3 Å². The van der Waals surface area contributed by atoms with Crippen molar-refractivity contribution in [1.82, 2.24) is 9.78 Å². The second kappa shape index (κ2) is 7.93. The molecule has 1 unspecified atom stereocenters. The van der Waals surface area contributed by atoms with Gasteiger partial charge in [-0.2, -0.15) is 5.10 Å². The minimum atomic E-state index is -0.497. The number of fused-ring (bicyclic) bond motifs is 1. The molecule has 29 heavy (non-hydrogen) atoms. The highest BCUT2D eigenvalue weighted by Crippen LogP contribution is 2.38. The third kappa shape index (κ3) is 4.31. The Morgan fingerprint density at radius 1 is 1.24 bits per heavy atom. The number of carbonyl (C=O) groups excluding carboxylic acids is 2. The van der Waals surface area contributed by atoms with Crippen molar-refractivity contribution >= 4 is 46.6 Å². The number of thioether (sulfide) groups is 1. The first-order valence-corrected chi connectivity index (χ1v) is 10.4. The lowest BCUT2D eigenvalue weighted by Gasteiger charge is -2.23. The molecular weight excluding hydrogens is 408 g/mol. The number of nitrogens with one attached hydrogen (secondary N) is 2. The normalized spacial score (nSPS) is 15.6. The monoisotopic (exact) mass is 426 g/mol. The Kier molecular flexibility index (Phi) is 5.34. The quantitative estimate of drug-likeness (QED) is 0.640. The first kappa shape index (κ1) is 19.5. The average Bonchev–Trinajstić information content (AvgIpc) is 3.01. The molecule has 148 valence electrons. The van der Waals surface area contributed by atoms with Gasteiger partial charge in [-0.1, -0.05) is 17.7 Å². The summed E-state index contributed by atoms with van der Waals surface area (Å²) in [5.41, 5.74) is 4.15. The van der Waals surface area contributed by atoms with Crippen LogP contribution >= 0.6 is 23.4 Å². The Hall–Kier alpha value is -2.77. The summed E-state index contributed by atoms with van der Waals surface area (Å²) in [6.45, 7) is 3.92. The van der Waals surface area contributed by atoms with Crippen LogP contribution in [0.5, 0.6) is 0 Å². The number of aryl methyl sites for hydroxylation is 2. The Morgan fingerprint density at radius 3 is 2.83 bits per heavy atom. The van der Waals surface area contributed by atoms with Crippen molar-refractivity contribution in [1.29, 1.82) is 0 Å². The Morgan fingerprint density at radius 2 is 2.07 bits per heavy atom. The van der Waals surface area contributed by atoms with E-state index >= 15 is 0 Å². The summed E-state index contributed by atoms with van der Waals surface area (Å²) in [4.78, 5) is 25.8. The molecule has 1 aliphatic rings. The SMILES string of the molecule is Cc1cc(C)n(-c2cccc(NC(=O)CC3Sc4ccc(Cl)cc4NC3=O)c2)n1. The Balaban J connectivity index is 1.45. The fourth-order valence-electron chi connectivity index (χ4n) is 3.24. The van der Waals surface area contributed by atoms with Crippen molar-refractivity contribution < 1.29 is 9.59 Å². The van der Waals surface area contributed by atoms with E-state index in [9.17, 15) is 9.59 Å². The van der Waals surface area contributed by atoms with Gasteiger partial charge in [-0.3, -0.25) is 9.59 Å². The number of hydrogen-bond acceptors (Lipinski definition) is 4. The maximum absolute atomic E-state index is 12.6. The van der Waals surface area contributed by atoms with Crippen molar-refractivity contribution in [3.05, 3.63) is 64.9 Å². The molecule has 1 aliphatic heterocycles. The number of carbonyl (C=O) groups is 2. The molecule has 0 aliphatic carbocycles.